The van der Waals surface area contributed by atoms with Crippen LogP contribution in [0.3, 0.4) is 0 Å². The Kier molecular flexibility index (Phi) is 8.00. The third-order valence-electron chi connectivity index (χ3n) is 6.93. The summed E-state index contributed by atoms with van der Waals surface area (Å²) in [5.41, 5.74) is 0.963. The lowest BCUT2D eigenvalue weighted by Gasteiger charge is -2.36. The first-order valence-electron chi connectivity index (χ1n) is 12.2. The minimum atomic E-state index is -0.390. The van der Waals surface area contributed by atoms with Crippen LogP contribution in [0, 0.1) is 11.7 Å². The Bertz CT molecular complexity index is 1040. The summed E-state index contributed by atoms with van der Waals surface area (Å²) in [6.45, 7) is 0.904. The maximum atomic E-state index is 13.2. The van der Waals surface area contributed by atoms with Crippen LogP contribution < -0.4 is 15.4 Å². The molecule has 4 rings (SSSR count). The van der Waals surface area contributed by atoms with E-state index in [9.17, 15) is 18.8 Å². The number of nitrogens with zero attached hydrogens (tertiary/aromatic N) is 1. The van der Waals surface area contributed by atoms with Crippen LogP contribution in [0.15, 0.2) is 48.5 Å². The van der Waals surface area contributed by atoms with Gasteiger partial charge in [0.1, 0.15) is 11.6 Å². The number of likely N-dealkylation sites (tertiary alicyclic amines) is 1. The molecule has 2 aliphatic rings. The molecule has 0 unspecified atom stereocenters. The van der Waals surface area contributed by atoms with Crippen LogP contribution in [0.25, 0.3) is 0 Å². The molecular formula is C27H32FN3O4. The maximum Gasteiger partial charge on any atom is 0.253 e. The predicted molar refractivity (Wildman–Crippen MR) is 130 cm³/mol. The van der Waals surface area contributed by atoms with Gasteiger partial charge in [0, 0.05) is 36.3 Å². The van der Waals surface area contributed by atoms with Crippen LogP contribution in [-0.4, -0.2) is 54.9 Å². The van der Waals surface area contributed by atoms with Gasteiger partial charge < -0.3 is 20.3 Å². The number of amides is 3. The van der Waals surface area contributed by atoms with Crippen molar-refractivity contribution in [2.24, 2.45) is 5.92 Å². The van der Waals surface area contributed by atoms with Crippen LogP contribution >= 0.6 is 0 Å². The number of piperidine rings is 1. The molecule has 0 aromatic heterocycles. The lowest BCUT2D eigenvalue weighted by atomic mass is 9.88. The molecule has 1 saturated heterocycles. The van der Waals surface area contributed by atoms with Gasteiger partial charge in [-0.3, -0.25) is 14.4 Å². The number of ether oxygens (including phenoxy) is 1. The summed E-state index contributed by atoms with van der Waals surface area (Å²) in [6, 6.07) is 12.1. The molecule has 2 aromatic rings. The van der Waals surface area contributed by atoms with Gasteiger partial charge in [-0.2, -0.15) is 0 Å². The zero-order valence-corrected chi connectivity index (χ0v) is 20.0. The Labute approximate surface area is 205 Å². The van der Waals surface area contributed by atoms with Crippen molar-refractivity contribution in [3.63, 3.8) is 0 Å². The number of methoxy groups -OCH3 is 1. The minimum absolute atomic E-state index is 0.0859. The average Bonchev–Trinajstić information content (AvgIpc) is 2.90. The zero-order valence-electron chi connectivity index (χ0n) is 20.0. The fourth-order valence-electron chi connectivity index (χ4n) is 4.92. The fraction of sp³-hybridized carbons (Fsp3) is 0.444. The van der Waals surface area contributed by atoms with Crippen molar-refractivity contribution in [1.82, 2.24) is 15.5 Å². The van der Waals surface area contributed by atoms with Crippen LogP contribution in [0.5, 0.6) is 5.75 Å². The third kappa shape index (κ3) is 6.18. The molecular weight excluding hydrogens is 449 g/mol. The fourth-order valence-corrected chi connectivity index (χ4v) is 4.92. The van der Waals surface area contributed by atoms with E-state index in [0.29, 0.717) is 36.4 Å². The molecule has 2 N–H and O–H groups in total. The molecule has 7 nitrogen and oxygen atoms in total. The van der Waals surface area contributed by atoms with E-state index in [0.717, 1.165) is 32.1 Å². The molecule has 2 aromatic carbocycles. The van der Waals surface area contributed by atoms with Gasteiger partial charge in [0.15, 0.2) is 0 Å². The molecule has 0 bridgehead atoms. The molecule has 0 radical (unpaired) electrons. The largest absolute Gasteiger partial charge is 0.497 e. The van der Waals surface area contributed by atoms with Crippen molar-refractivity contribution in [2.45, 2.75) is 50.6 Å². The van der Waals surface area contributed by atoms with Crippen molar-refractivity contribution in [1.29, 1.82) is 0 Å². The molecule has 3 atom stereocenters. The first kappa shape index (κ1) is 24.7. The van der Waals surface area contributed by atoms with E-state index in [1.54, 1.807) is 36.3 Å². The monoisotopic (exact) mass is 481 g/mol. The first-order valence-corrected chi connectivity index (χ1v) is 12.2. The van der Waals surface area contributed by atoms with Crippen molar-refractivity contribution >= 4 is 17.7 Å². The number of hydrogen-bond donors (Lipinski definition) is 2. The van der Waals surface area contributed by atoms with E-state index in [4.69, 9.17) is 4.74 Å². The molecule has 2 fully saturated rings. The number of carbonyl (C=O) groups is 3. The van der Waals surface area contributed by atoms with Gasteiger partial charge in [0.2, 0.25) is 5.91 Å². The summed E-state index contributed by atoms with van der Waals surface area (Å²) in [5.74, 6) is -0.468. The van der Waals surface area contributed by atoms with Crippen LogP contribution in [0.2, 0.25) is 0 Å². The van der Waals surface area contributed by atoms with E-state index >= 15 is 0 Å². The third-order valence-corrected chi connectivity index (χ3v) is 6.93. The van der Waals surface area contributed by atoms with Gasteiger partial charge in [0.25, 0.3) is 11.8 Å². The van der Waals surface area contributed by atoms with Gasteiger partial charge in [-0.15, -0.1) is 0 Å². The number of rotatable bonds is 6. The van der Waals surface area contributed by atoms with Crippen LogP contribution in [0.4, 0.5) is 4.39 Å². The van der Waals surface area contributed by atoms with Gasteiger partial charge in [-0.1, -0.05) is 12.8 Å². The van der Waals surface area contributed by atoms with Crippen molar-refractivity contribution in [2.75, 3.05) is 20.2 Å². The lowest BCUT2D eigenvalue weighted by molar-refractivity contribution is -0.127. The normalized spacial score (nSPS) is 22.2. The Morgan fingerprint density at radius 3 is 2.14 bits per heavy atom. The highest BCUT2D eigenvalue weighted by Gasteiger charge is 2.33. The highest BCUT2D eigenvalue weighted by molar-refractivity contribution is 5.95. The van der Waals surface area contributed by atoms with Crippen molar-refractivity contribution in [3.8, 4) is 5.75 Å². The minimum Gasteiger partial charge on any atom is -0.497 e. The second kappa shape index (κ2) is 11.3. The maximum absolute atomic E-state index is 13.2. The molecule has 1 aliphatic heterocycles. The van der Waals surface area contributed by atoms with E-state index in [1.165, 1.54) is 24.3 Å². The quantitative estimate of drug-likeness (QED) is 0.661. The smallest absolute Gasteiger partial charge is 0.253 e. The summed E-state index contributed by atoms with van der Waals surface area (Å²) in [7, 11) is 1.58. The number of carbonyl (C=O) groups excluding carboxylic acids is 3. The Balaban J connectivity index is 1.35. The summed E-state index contributed by atoms with van der Waals surface area (Å²) in [6.07, 6.45) is 5.00. The predicted octanol–water partition coefficient (Wildman–Crippen LogP) is 3.54. The average molecular weight is 482 g/mol. The van der Waals surface area contributed by atoms with Crippen LogP contribution in [-0.2, 0) is 4.79 Å². The van der Waals surface area contributed by atoms with E-state index in [1.807, 2.05) is 0 Å². The standard InChI is InChI=1S/C27H32FN3O4/c1-35-22-14-10-18(11-15-22)25(32)29-23-6-2-3-7-24(23)30-26(33)20-5-4-16-31(17-20)27(34)19-8-12-21(28)13-9-19/h8-15,20,23-24H,2-7,16-17H2,1H3,(H,29,32)(H,30,33)/t20-,23+,24+/m0/s1. The van der Waals surface area contributed by atoms with E-state index in [-0.39, 0.29) is 35.7 Å². The van der Waals surface area contributed by atoms with Crippen molar-refractivity contribution in [3.05, 3.63) is 65.5 Å². The summed E-state index contributed by atoms with van der Waals surface area (Å²) in [4.78, 5) is 40.5. The summed E-state index contributed by atoms with van der Waals surface area (Å²) in [5, 5.41) is 6.25. The Hall–Kier alpha value is -3.42. The molecule has 186 valence electrons. The topological polar surface area (TPSA) is 87.7 Å². The number of benzene rings is 2. The van der Waals surface area contributed by atoms with Crippen LogP contribution in [0.1, 0.15) is 59.2 Å². The zero-order chi connectivity index (χ0) is 24.8. The number of halogens is 1. The number of nitrogens with one attached hydrogen (secondary N) is 2. The first-order chi connectivity index (χ1) is 16.9. The molecule has 3 amide bonds. The van der Waals surface area contributed by atoms with Gasteiger partial charge in [-0.25, -0.2) is 4.39 Å². The SMILES string of the molecule is COc1ccc(C(=O)N[C@@H]2CCCC[C@H]2NC(=O)[C@H]2CCCN(C(=O)c3ccc(F)cc3)C2)cc1. The number of hydrogen-bond acceptors (Lipinski definition) is 4. The molecule has 1 saturated carbocycles. The second-order valence-electron chi connectivity index (χ2n) is 9.31. The Morgan fingerprint density at radius 1 is 0.857 bits per heavy atom. The summed E-state index contributed by atoms with van der Waals surface area (Å²) >= 11 is 0. The van der Waals surface area contributed by atoms with Gasteiger partial charge in [-0.05, 0) is 74.2 Å². The second-order valence-corrected chi connectivity index (χ2v) is 9.31. The Morgan fingerprint density at radius 2 is 1.49 bits per heavy atom. The molecule has 1 aliphatic carbocycles. The molecule has 0 spiro atoms. The summed E-state index contributed by atoms with van der Waals surface area (Å²) < 4.78 is 18.4. The lowest BCUT2D eigenvalue weighted by Crippen LogP contribution is -2.55. The van der Waals surface area contributed by atoms with E-state index < -0.39 is 5.82 Å². The van der Waals surface area contributed by atoms with E-state index in [2.05, 4.69) is 10.6 Å². The molecule has 1 heterocycles. The highest BCUT2D eigenvalue weighted by Crippen LogP contribution is 2.23. The molecule has 35 heavy (non-hydrogen) atoms. The highest BCUT2D eigenvalue weighted by atomic mass is 19.1. The van der Waals surface area contributed by atoms with Crippen molar-refractivity contribution < 1.29 is 23.5 Å². The molecule has 8 heteroatoms. The van der Waals surface area contributed by atoms with Gasteiger partial charge >= 0.3 is 0 Å². The van der Waals surface area contributed by atoms with Gasteiger partial charge in [0.05, 0.1) is 13.0 Å².